The summed E-state index contributed by atoms with van der Waals surface area (Å²) in [5, 5.41) is 15.2. The zero-order valence-corrected chi connectivity index (χ0v) is 16.5. The van der Waals surface area contributed by atoms with Gasteiger partial charge in [0.25, 0.3) is 0 Å². The summed E-state index contributed by atoms with van der Waals surface area (Å²) in [4.78, 5) is 4.58. The van der Waals surface area contributed by atoms with Crippen molar-refractivity contribution in [3.8, 4) is 34.6 Å². The predicted molar refractivity (Wildman–Crippen MR) is 111 cm³/mol. The second kappa shape index (κ2) is 8.93. The van der Waals surface area contributed by atoms with Crippen molar-refractivity contribution >= 4 is 22.6 Å². The monoisotopic (exact) mass is 393 g/mol. The van der Waals surface area contributed by atoms with E-state index in [0.29, 0.717) is 22.1 Å². The highest BCUT2D eigenvalue weighted by atomic mass is 32.1. The fraction of sp³-hybridized carbons (Fsp3) is 0.143. The van der Waals surface area contributed by atoms with E-state index in [0.717, 1.165) is 22.7 Å². The van der Waals surface area contributed by atoms with Gasteiger partial charge in [-0.1, -0.05) is 0 Å². The molecule has 0 fully saturated rings. The van der Waals surface area contributed by atoms with Crippen LogP contribution in [0.2, 0.25) is 0 Å². The van der Waals surface area contributed by atoms with E-state index in [1.807, 2.05) is 35.7 Å². The van der Waals surface area contributed by atoms with Gasteiger partial charge in [0.15, 0.2) is 11.5 Å². The van der Waals surface area contributed by atoms with Gasteiger partial charge in [-0.25, -0.2) is 4.98 Å². The molecule has 0 aliphatic heterocycles. The summed E-state index contributed by atoms with van der Waals surface area (Å²) in [5.41, 5.74) is 3.00. The first-order valence-electron chi connectivity index (χ1n) is 8.37. The molecule has 2 aromatic carbocycles. The van der Waals surface area contributed by atoms with Gasteiger partial charge < -0.3 is 19.5 Å². The van der Waals surface area contributed by atoms with Gasteiger partial charge in [0.1, 0.15) is 22.4 Å². The van der Waals surface area contributed by atoms with Crippen molar-refractivity contribution in [1.82, 2.24) is 4.98 Å². The van der Waals surface area contributed by atoms with Gasteiger partial charge in [-0.05, 0) is 36.4 Å². The van der Waals surface area contributed by atoms with Gasteiger partial charge in [0.2, 0.25) is 0 Å². The van der Waals surface area contributed by atoms with Crippen molar-refractivity contribution in [2.45, 2.75) is 0 Å². The molecular formula is C21H19N3O3S. The van der Waals surface area contributed by atoms with Gasteiger partial charge in [-0.15, -0.1) is 11.3 Å². The first-order chi connectivity index (χ1) is 13.7. The molecule has 142 valence electrons. The van der Waals surface area contributed by atoms with Crippen molar-refractivity contribution in [2.75, 3.05) is 26.6 Å². The normalized spacial score (nSPS) is 10.9. The van der Waals surface area contributed by atoms with Crippen LogP contribution in [-0.2, 0) is 0 Å². The number of nitrogens with zero attached hydrogens (tertiary/aromatic N) is 2. The summed E-state index contributed by atoms with van der Waals surface area (Å²) < 4.78 is 15.7. The molecule has 0 aliphatic carbocycles. The third kappa shape index (κ3) is 4.24. The highest BCUT2D eigenvalue weighted by Crippen LogP contribution is 2.31. The Morgan fingerprint density at radius 2 is 1.79 bits per heavy atom. The molecule has 0 unspecified atom stereocenters. The van der Waals surface area contributed by atoms with Crippen molar-refractivity contribution < 1.29 is 14.2 Å². The zero-order chi connectivity index (χ0) is 19.9. The van der Waals surface area contributed by atoms with Gasteiger partial charge in [0.05, 0.1) is 27.0 Å². The Hall–Kier alpha value is -3.50. The third-order valence-corrected chi connectivity index (χ3v) is 4.88. The highest BCUT2D eigenvalue weighted by molar-refractivity contribution is 7.11. The maximum absolute atomic E-state index is 9.54. The second-order valence-electron chi connectivity index (χ2n) is 5.65. The summed E-state index contributed by atoms with van der Waals surface area (Å²) in [5.74, 6) is 2.04. The molecule has 0 saturated heterocycles. The molecule has 0 saturated carbocycles. The number of aromatic nitrogens is 1. The number of hydrogen-bond acceptors (Lipinski definition) is 7. The molecular weight excluding hydrogens is 374 g/mol. The van der Waals surface area contributed by atoms with Crippen LogP contribution in [0.25, 0.3) is 16.8 Å². The van der Waals surface area contributed by atoms with E-state index < -0.39 is 0 Å². The van der Waals surface area contributed by atoms with Crippen LogP contribution in [0.3, 0.4) is 0 Å². The predicted octanol–water partition coefficient (Wildman–Crippen LogP) is 4.81. The Morgan fingerprint density at radius 1 is 1.04 bits per heavy atom. The molecule has 0 radical (unpaired) electrons. The van der Waals surface area contributed by atoms with E-state index in [9.17, 15) is 5.26 Å². The second-order valence-corrected chi connectivity index (χ2v) is 6.51. The lowest BCUT2D eigenvalue weighted by Gasteiger charge is -2.09. The maximum atomic E-state index is 9.54. The topological polar surface area (TPSA) is 76.4 Å². The Labute approximate surface area is 167 Å². The van der Waals surface area contributed by atoms with Gasteiger partial charge >= 0.3 is 0 Å². The quantitative estimate of drug-likeness (QED) is 0.581. The number of allylic oxidation sites excluding steroid dienone is 1. The summed E-state index contributed by atoms with van der Waals surface area (Å²) in [6.07, 6.45) is 1.64. The van der Waals surface area contributed by atoms with Crippen molar-refractivity contribution in [2.24, 2.45) is 0 Å². The lowest BCUT2D eigenvalue weighted by Crippen LogP contribution is -1.94. The first kappa shape index (κ1) is 19.3. The van der Waals surface area contributed by atoms with Crippen LogP contribution < -0.4 is 19.5 Å². The smallest absolute Gasteiger partial charge is 0.162 e. The van der Waals surface area contributed by atoms with Crippen molar-refractivity contribution in [3.63, 3.8) is 0 Å². The Balaban J connectivity index is 1.80. The molecule has 3 rings (SSSR count). The van der Waals surface area contributed by atoms with E-state index in [1.165, 1.54) is 11.3 Å². The minimum atomic E-state index is 0.444. The number of hydrogen-bond donors (Lipinski definition) is 1. The summed E-state index contributed by atoms with van der Waals surface area (Å²) in [6.45, 7) is 0. The van der Waals surface area contributed by atoms with E-state index in [4.69, 9.17) is 14.2 Å². The molecule has 0 aliphatic rings. The van der Waals surface area contributed by atoms with Crippen LogP contribution in [0.15, 0.2) is 54.0 Å². The lowest BCUT2D eigenvalue weighted by molar-refractivity contribution is 0.355. The molecule has 1 aromatic heterocycles. The molecule has 0 bridgehead atoms. The van der Waals surface area contributed by atoms with E-state index in [2.05, 4.69) is 16.4 Å². The van der Waals surface area contributed by atoms with Crippen LogP contribution in [0.4, 0.5) is 5.69 Å². The maximum Gasteiger partial charge on any atom is 0.162 e. The van der Waals surface area contributed by atoms with Gasteiger partial charge in [-0.3, -0.25) is 0 Å². The van der Waals surface area contributed by atoms with E-state index in [-0.39, 0.29) is 0 Å². The van der Waals surface area contributed by atoms with Crippen LogP contribution in [0.1, 0.15) is 5.01 Å². The molecule has 1 N–H and O–H groups in total. The fourth-order valence-electron chi connectivity index (χ4n) is 2.52. The van der Waals surface area contributed by atoms with E-state index in [1.54, 1.807) is 39.7 Å². The number of rotatable bonds is 7. The number of nitrogens with one attached hydrogen (secondary N) is 1. The SMILES string of the molecule is COc1ccc(-c2csc(/C(C#N)=C/Nc3ccc(OC)c(OC)c3)n2)cc1. The first-order valence-corrected chi connectivity index (χ1v) is 9.25. The number of benzene rings is 2. The average molecular weight is 393 g/mol. The van der Waals surface area contributed by atoms with Gasteiger partial charge in [0, 0.05) is 28.9 Å². The molecule has 28 heavy (non-hydrogen) atoms. The summed E-state index contributed by atoms with van der Waals surface area (Å²) in [6, 6.07) is 15.3. The number of anilines is 1. The molecule has 7 heteroatoms. The Morgan fingerprint density at radius 3 is 2.43 bits per heavy atom. The minimum absolute atomic E-state index is 0.444. The average Bonchev–Trinajstić information content (AvgIpc) is 3.24. The standard InChI is InChI=1S/C21H19N3O3S/c1-25-17-7-4-14(5-8-17)18-13-28-21(24-18)15(11-22)12-23-16-6-9-19(26-2)20(10-16)27-3/h4-10,12-13,23H,1-3H3/b15-12+. The Bertz CT molecular complexity index is 1020. The van der Waals surface area contributed by atoms with Gasteiger partial charge in [-0.2, -0.15) is 5.26 Å². The van der Waals surface area contributed by atoms with Crippen molar-refractivity contribution in [3.05, 3.63) is 59.1 Å². The zero-order valence-electron chi connectivity index (χ0n) is 15.7. The molecule has 0 amide bonds. The molecule has 3 aromatic rings. The summed E-state index contributed by atoms with van der Waals surface area (Å²) >= 11 is 1.42. The molecule has 0 spiro atoms. The summed E-state index contributed by atoms with van der Waals surface area (Å²) in [7, 11) is 4.79. The third-order valence-electron chi connectivity index (χ3n) is 4.01. The van der Waals surface area contributed by atoms with Crippen molar-refractivity contribution in [1.29, 1.82) is 5.26 Å². The molecule has 6 nitrogen and oxygen atoms in total. The number of methoxy groups -OCH3 is 3. The largest absolute Gasteiger partial charge is 0.497 e. The Kier molecular flexibility index (Phi) is 6.14. The molecule has 0 atom stereocenters. The number of ether oxygens (including phenoxy) is 3. The number of nitriles is 1. The van der Waals surface area contributed by atoms with Crippen LogP contribution >= 0.6 is 11.3 Å². The van der Waals surface area contributed by atoms with Crippen LogP contribution in [0.5, 0.6) is 17.2 Å². The minimum Gasteiger partial charge on any atom is -0.497 e. The fourth-order valence-corrected chi connectivity index (χ4v) is 3.31. The van der Waals surface area contributed by atoms with Crippen LogP contribution in [0, 0.1) is 11.3 Å². The molecule has 1 heterocycles. The number of thiazole rings is 1. The van der Waals surface area contributed by atoms with Crippen LogP contribution in [-0.4, -0.2) is 26.3 Å². The van der Waals surface area contributed by atoms with E-state index >= 15 is 0 Å². The lowest BCUT2D eigenvalue weighted by atomic mass is 10.2. The highest BCUT2D eigenvalue weighted by Gasteiger charge is 2.10.